The number of fused-ring (bicyclic) bond motifs is 5. The summed E-state index contributed by atoms with van der Waals surface area (Å²) in [6.07, 6.45) is 21.2. The van der Waals surface area contributed by atoms with Crippen molar-refractivity contribution < 1.29 is 19.1 Å². The van der Waals surface area contributed by atoms with Gasteiger partial charge in [0.05, 0.1) is 5.56 Å². The normalized spacial score (nSPS) is 33.1. The second kappa shape index (κ2) is 14.1. The van der Waals surface area contributed by atoms with Gasteiger partial charge in [-0.1, -0.05) is 89.0 Å². The summed E-state index contributed by atoms with van der Waals surface area (Å²) in [6, 6.07) is 9.08. The molecule has 0 saturated heterocycles. The van der Waals surface area contributed by atoms with Crippen LogP contribution in [0.1, 0.15) is 133 Å². The summed E-state index contributed by atoms with van der Waals surface area (Å²) in [5, 5.41) is 2.71. The van der Waals surface area contributed by atoms with Crippen molar-refractivity contribution in [3.05, 3.63) is 47.5 Å². The highest BCUT2D eigenvalue weighted by Gasteiger charge is 2.60. The zero-order chi connectivity index (χ0) is 30.5. The van der Waals surface area contributed by atoms with Crippen molar-refractivity contribution in [1.29, 1.82) is 0 Å². The summed E-state index contributed by atoms with van der Waals surface area (Å²) in [5.41, 5.74) is 2.25. The maximum atomic E-state index is 13.4. The Balaban J connectivity index is 1.21. The molecular formula is C38H55NO4. The molecule has 3 fully saturated rings. The number of carbonyl (C=O) groups excluding carboxylic acids is 3. The van der Waals surface area contributed by atoms with Gasteiger partial charge < -0.3 is 10.1 Å². The van der Waals surface area contributed by atoms with E-state index in [9.17, 15) is 14.4 Å². The first kappa shape index (κ1) is 32.0. The highest BCUT2D eigenvalue weighted by Crippen LogP contribution is 2.67. The molecule has 5 heteroatoms. The summed E-state index contributed by atoms with van der Waals surface area (Å²) >= 11 is 0. The Morgan fingerprint density at radius 3 is 2.33 bits per heavy atom. The Kier molecular flexibility index (Phi) is 10.5. The fourth-order valence-electron chi connectivity index (χ4n) is 9.78. The van der Waals surface area contributed by atoms with Crippen LogP contribution in [0.5, 0.6) is 0 Å². The van der Waals surface area contributed by atoms with Crippen LogP contribution in [0.15, 0.2) is 42.0 Å². The fourth-order valence-corrected chi connectivity index (χ4v) is 9.78. The van der Waals surface area contributed by atoms with Crippen molar-refractivity contribution in [2.24, 2.45) is 34.5 Å². The van der Waals surface area contributed by atoms with Crippen LogP contribution in [0, 0.1) is 34.5 Å². The van der Waals surface area contributed by atoms with Crippen molar-refractivity contribution in [2.75, 3.05) is 7.05 Å². The van der Waals surface area contributed by atoms with Crippen LogP contribution in [0.4, 0.5) is 0 Å². The van der Waals surface area contributed by atoms with Crippen LogP contribution < -0.4 is 5.32 Å². The van der Waals surface area contributed by atoms with E-state index in [0.29, 0.717) is 41.6 Å². The molecule has 4 aliphatic carbocycles. The zero-order valence-electron chi connectivity index (χ0n) is 27.0. The minimum atomic E-state index is -0.681. The number of amides is 1. The van der Waals surface area contributed by atoms with Gasteiger partial charge in [0.15, 0.2) is 11.9 Å². The predicted molar refractivity (Wildman–Crippen MR) is 171 cm³/mol. The lowest BCUT2D eigenvalue weighted by Gasteiger charge is -2.60. The van der Waals surface area contributed by atoms with E-state index in [0.717, 1.165) is 25.2 Å². The van der Waals surface area contributed by atoms with Gasteiger partial charge in [-0.3, -0.25) is 9.59 Å². The van der Waals surface area contributed by atoms with E-state index >= 15 is 0 Å². The Hall–Kier alpha value is -2.43. The third-order valence-electron chi connectivity index (χ3n) is 12.2. The topological polar surface area (TPSA) is 72.5 Å². The number of esters is 1. The lowest BCUT2D eigenvalue weighted by molar-refractivity contribution is -0.130. The summed E-state index contributed by atoms with van der Waals surface area (Å²) in [6.45, 7) is 4.96. The monoisotopic (exact) mass is 589 g/mol. The van der Waals surface area contributed by atoms with Gasteiger partial charge in [-0.15, -0.1) is 0 Å². The second-order valence-electron chi connectivity index (χ2n) is 14.8. The molecule has 0 aromatic heterocycles. The number of ether oxygens (including phenoxy) is 1. The molecular weight excluding hydrogens is 534 g/mol. The molecule has 0 bridgehead atoms. The fraction of sp³-hybridized carbons (Fsp3) is 0.711. The van der Waals surface area contributed by atoms with Crippen LogP contribution in [0.25, 0.3) is 0 Å². The average Bonchev–Trinajstić information content (AvgIpc) is 3.41. The molecule has 1 N–H and O–H groups in total. The molecule has 4 aliphatic rings. The number of nitrogens with one attached hydrogen (secondary N) is 1. The molecule has 0 spiro atoms. The third-order valence-corrected chi connectivity index (χ3v) is 12.2. The van der Waals surface area contributed by atoms with E-state index in [1.165, 1.54) is 82.6 Å². The molecule has 1 aromatic rings. The number of allylic oxidation sites excluding steroid dienone is 1. The van der Waals surface area contributed by atoms with E-state index in [1.807, 2.05) is 24.3 Å². The third kappa shape index (κ3) is 7.12. The first-order valence-corrected chi connectivity index (χ1v) is 17.5. The Morgan fingerprint density at radius 1 is 0.907 bits per heavy atom. The van der Waals surface area contributed by atoms with Crippen LogP contribution in [-0.2, 0) is 14.3 Å². The summed E-state index contributed by atoms with van der Waals surface area (Å²) in [7, 11) is 1.71. The molecule has 5 rings (SSSR count). The average molecular weight is 590 g/mol. The lowest BCUT2D eigenvalue weighted by Crippen LogP contribution is -2.54. The van der Waals surface area contributed by atoms with Gasteiger partial charge in [0.25, 0.3) is 0 Å². The maximum absolute atomic E-state index is 13.4. The van der Waals surface area contributed by atoms with Crippen LogP contribution in [0.2, 0.25) is 0 Å². The molecule has 0 heterocycles. The standard InChI is InChI=1S/C38H55NO4/c1-37-22-15-19-30(37)35-28(18-11-8-6-4-5-7-9-14-20-34(41)39-3)24-29-25-32(40)33(26-38(29,2)31(35)21-23-37)43-36(42)27-16-12-10-13-17-27/h10,12-13,16-17,25,28,30-31,33,35H,4-9,11,14-15,18-24,26H2,1-3H3,(H,39,41)/t28-,30?,31?,33?,35?,37+,38+/m1/s1. The van der Waals surface area contributed by atoms with E-state index in [2.05, 4.69) is 19.2 Å². The van der Waals surface area contributed by atoms with Gasteiger partial charge in [-0.25, -0.2) is 4.79 Å². The number of carbonyl (C=O) groups is 3. The largest absolute Gasteiger partial charge is 0.450 e. The minimum absolute atomic E-state index is 0.0224. The Bertz CT molecular complexity index is 1160. The molecule has 236 valence electrons. The minimum Gasteiger partial charge on any atom is -0.450 e. The first-order chi connectivity index (χ1) is 20.7. The van der Waals surface area contributed by atoms with E-state index in [4.69, 9.17) is 4.74 Å². The summed E-state index contributed by atoms with van der Waals surface area (Å²) in [5.74, 6) is 2.46. The maximum Gasteiger partial charge on any atom is 0.338 e. The summed E-state index contributed by atoms with van der Waals surface area (Å²) in [4.78, 5) is 37.7. The molecule has 1 amide bonds. The lowest BCUT2D eigenvalue weighted by atomic mass is 9.44. The van der Waals surface area contributed by atoms with Crippen LogP contribution >= 0.6 is 0 Å². The zero-order valence-corrected chi connectivity index (χ0v) is 27.0. The number of ketones is 1. The molecule has 7 atom stereocenters. The van der Waals surface area contributed by atoms with Gasteiger partial charge in [0.1, 0.15) is 0 Å². The van der Waals surface area contributed by atoms with Crippen molar-refractivity contribution in [3.8, 4) is 0 Å². The molecule has 0 radical (unpaired) electrons. The molecule has 4 unspecified atom stereocenters. The summed E-state index contributed by atoms with van der Waals surface area (Å²) < 4.78 is 5.91. The molecule has 1 aromatic carbocycles. The Labute approximate surface area is 260 Å². The first-order valence-electron chi connectivity index (χ1n) is 17.5. The van der Waals surface area contributed by atoms with Gasteiger partial charge in [0, 0.05) is 19.9 Å². The number of unbranched alkanes of at least 4 members (excludes halogenated alkanes) is 7. The molecule has 0 aliphatic heterocycles. The van der Waals surface area contributed by atoms with Gasteiger partial charge >= 0.3 is 5.97 Å². The van der Waals surface area contributed by atoms with Gasteiger partial charge in [-0.2, -0.15) is 0 Å². The predicted octanol–water partition coefficient (Wildman–Crippen LogP) is 8.62. The quantitative estimate of drug-likeness (QED) is 0.185. The van der Waals surface area contributed by atoms with Crippen molar-refractivity contribution in [2.45, 2.75) is 129 Å². The molecule has 3 saturated carbocycles. The molecule has 43 heavy (non-hydrogen) atoms. The van der Waals surface area contributed by atoms with Crippen molar-refractivity contribution >= 4 is 17.7 Å². The molecule has 5 nitrogen and oxygen atoms in total. The van der Waals surface area contributed by atoms with Crippen molar-refractivity contribution in [3.63, 3.8) is 0 Å². The highest BCUT2D eigenvalue weighted by atomic mass is 16.5. The van der Waals surface area contributed by atoms with Gasteiger partial charge in [-0.05, 0) is 97.7 Å². The number of hydrogen-bond acceptors (Lipinski definition) is 4. The number of benzene rings is 1. The second-order valence-corrected chi connectivity index (χ2v) is 14.8. The van der Waals surface area contributed by atoms with Gasteiger partial charge in [0.2, 0.25) is 5.91 Å². The van der Waals surface area contributed by atoms with E-state index in [1.54, 1.807) is 19.2 Å². The Morgan fingerprint density at radius 2 is 1.60 bits per heavy atom. The van der Waals surface area contributed by atoms with Crippen LogP contribution in [0.3, 0.4) is 0 Å². The highest BCUT2D eigenvalue weighted by molar-refractivity contribution is 5.98. The smallest absolute Gasteiger partial charge is 0.338 e. The SMILES string of the molecule is CNC(=O)CCCCCCCCCC[C@@H]1CC2=CC(=O)C(OC(=O)c3ccccc3)C[C@]2(C)C2CC[C@]3(C)CCCC3C21. The van der Waals surface area contributed by atoms with E-state index < -0.39 is 6.10 Å². The van der Waals surface area contributed by atoms with Crippen molar-refractivity contribution in [1.82, 2.24) is 5.32 Å². The number of hydrogen-bond donors (Lipinski definition) is 1. The number of rotatable bonds is 13. The van der Waals surface area contributed by atoms with E-state index in [-0.39, 0.29) is 23.1 Å². The van der Waals surface area contributed by atoms with Crippen LogP contribution in [-0.4, -0.2) is 30.8 Å².